The van der Waals surface area contributed by atoms with E-state index in [4.69, 9.17) is 15.3 Å². The van der Waals surface area contributed by atoms with Crippen molar-refractivity contribution < 1.29 is 9.53 Å². The van der Waals surface area contributed by atoms with Crippen LogP contribution < -0.4 is 4.90 Å². The van der Waals surface area contributed by atoms with Crippen molar-refractivity contribution in [2.24, 2.45) is 0 Å². The quantitative estimate of drug-likeness (QED) is 0.627. The van der Waals surface area contributed by atoms with Crippen LogP contribution in [-0.4, -0.2) is 12.6 Å². The predicted molar refractivity (Wildman–Crippen MR) is 84.1 cm³/mol. The number of carbonyl (C=O) groups excluding carboxylic acids is 1. The molecule has 6 heteroatoms. The van der Waals surface area contributed by atoms with Crippen molar-refractivity contribution in [2.75, 3.05) is 11.5 Å². The lowest BCUT2D eigenvalue weighted by Gasteiger charge is -2.23. The van der Waals surface area contributed by atoms with Crippen molar-refractivity contribution in [2.45, 2.75) is 13.3 Å². The number of thioether (sulfide) groups is 1. The average molecular weight is 311 g/mol. The molecule has 1 aromatic carbocycles. The smallest absolute Gasteiger partial charge is 0.311 e. The van der Waals surface area contributed by atoms with E-state index in [2.05, 4.69) is 0 Å². The van der Waals surface area contributed by atoms with Gasteiger partial charge < -0.3 is 9.64 Å². The van der Waals surface area contributed by atoms with Gasteiger partial charge in [0, 0.05) is 11.4 Å². The van der Waals surface area contributed by atoms with Gasteiger partial charge in [-0.25, -0.2) is 0 Å². The van der Waals surface area contributed by atoms with E-state index in [0.29, 0.717) is 17.3 Å². The topological polar surface area (TPSA) is 77.1 Å². The molecule has 0 radical (unpaired) electrons. The fourth-order valence-electron chi connectivity index (χ4n) is 1.99. The van der Waals surface area contributed by atoms with Crippen molar-refractivity contribution in [3.8, 4) is 12.1 Å². The molecule has 0 unspecified atom stereocenters. The second-order valence-corrected chi connectivity index (χ2v) is 5.14. The van der Waals surface area contributed by atoms with Gasteiger partial charge in [-0.1, -0.05) is 30.0 Å². The second kappa shape index (κ2) is 7.35. The minimum atomic E-state index is -0.341. The molecule has 0 spiro atoms. The first-order chi connectivity index (χ1) is 10.7. The van der Waals surface area contributed by atoms with E-state index in [-0.39, 0.29) is 18.0 Å². The van der Waals surface area contributed by atoms with Gasteiger partial charge in [0.25, 0.3) is 0 Å². The minimum absolute atomic E-state index is 0.0176. The van der Waals surface area contributed by atoms with E-state index in [1.54, 1.807) is 17.2 Å². The largest absolute Gasteiger partial charge is 0.466 e. The highest BCUT2D eigenvalue weighted by atomic mass is 32.2. The van der Waals surface area contributed by atoms with Gasteiger partial charge in [-0.3, -0.25) is 4.79 Å². The Balaban J connectivity index is 2.40. The number of esters is 1. The average Bonchev–Trinajstić information content (AvgIpc) is 2.93. The van der Waals surface area contributed by atoms with Crippen molar-refractivity contribution in [3.63, 3.8) is 0 Å². The third-order valence-electron chi connectivity index (χ3n) is 2.88. The number of benzene rings is 1. The standard InChI is InChI=1S/C16H13N3O2S/c1-2-21-15(20)8-14-11-22-16(12(9-17)10-18)19(14)13-6-4-3-5-7-13/h3-7,11H,2,8H2,1H3. The van der Waals surface area contributed by atoms with Gasteiger partial charge in [0.1, 0.15) is 17.2 Å². The molecule has 0 N–H and O–H groups in total. The molecular weight excluding hydrogens is 298 g/mol. The number of rotatable bonds is 4. The summed E-state index contributed by atoms with van der Waals surface area (Å²) >= 11 is 1.26. The summed E-state index contributed by atoms with van der Waals surface area (Å²) in [5.41, 5.74) is 1.50. The van der Waals surface area contributed by atoms with Crippen LogP contribution in [0.4, 0.5) is 5.69 Å². The molecule has 22 heavy (non-hydrogen) atoms. The summed E-state index contributed by atoms with van der Waals surface area (Å²) in [6.45, 7) is 2.06. The first-order valence-electron chi connectivity index (χ1n) is 6.62. The molecular formula is C16H13N3O2S. The van der Waals surface area contributed by atoms with Gasteiger partial charge in [0.05, 0.1) is 13.0 Å². The van der Waals surface area contributed by atoms with Gasteiger partial charge in [-0.2, -0.15) is 10.5 Å². The zero-order chi connectivity index (χ0) is 15.9. The fourth-order valence-corrected chi connectivity index (χ4v) is 2.97. The molecule has 1 aliphatic rings. The van der Waals surface area contributed by atoms with Crippen LogP contribution in [0, 0.1) is 22.7 Å². The summed E-state index contributed by atoms with van der Waals surface area (Å²) in [7, 11) is 0. The Kier molecular flexibility index (Phi) is 5.24. The number of anilines is 1. The third-order valence-corrected chi connectivity index (χ3v) is 3.88. The highest BCUT2D eigenvalue weighted by molar-refractivity contribution is 8.06. The Labute approximate surface area is 133 Å². The van der Waals surface area contributed by atoms with E-state index in [1.807, 2.05) is 42.5 Å². The molecule has 0 saturated heterocycles. The van der Waals surface area contributed by atoms with Crippen molar-refractivity contribution in [1.82, 2.24) is 0 Å². The molecule has 2 rings (SSSR count). The molecule has 0 amide bonds. The van der Waals surface area contributed by atoms with Crippen LogP contribution in [0.15, 0.2) is 52.0 Å². The number of carbonyl (C=O) groups is 1. The number of nitriles is 2. The monoisotopic (exact) mass is 311 g/mol. The Morgan fingerprint density at radius 1 is 1.27 bits per heavy atom. The van der Waals surface area contributed by atoms with E-state index >= 15 is 0 Å². The van der Waals surface area contributed by atoms with Crippen LogP contribution in [0.5, 0.6) is 0 Å². The lowest BCUT2D eigenvalue weighted by atomic mass is 10.2. The SMILES string of the molecule is CCOC(=O)CC1=CSC(=C(C#N)C#N)N1c1ccccc1. The number of ether oxygens (including phenoxy) is 1. The predicted octanol–water partition coefficient (Wildman–Crippen LogP) is 3.29. The maximum atomic E-state index is 11.7. The maximum Gasteiger partial charge on any atom is 0.311 e. The Morgan fingerprint density at radius 3 is 2.55 bits per heavy atom. The van der Waals surface area contributed by atoms with Crippen molar-refractivity contribution >= 4 is 23.4 Å². The number of para-hydroxylation sites is 1. The van der Waals surface area contributed by atoms with Gasteiger partial charge in [-0.05, 0) is 24.5 Å². The molecule has 0 saturated carbocycles. The molecule has 0 bridgehead atoms. The van der Waals surface area contributed by atoms with Gasteiger partial charge >= 0.3 is 5.97 Å². The van der Waals surface area contributed by atoms with E-state index in [1.165, 1.54) is 11.8 Å². The second-order valence-electron chi connectivity index (χ2n) is 4.28. The van der Waals surface area contributed by atoms with Gasteiger partial charge in [0.15, 0.2) is 5.57 Å². The molecule has 1 aliphatic heterocycles. The van der Waals surface area contributed by atoms with Crippen molar-refractivity contribution in [3.05, 3.63) is 52.0 Å². The van der Waals surface area contributed by atoms with Crippen LogP contribution in [0.2, 0.25) is 0 Å². The van der Waals surface area contributed by atoms with Crippen molar-refractivity contribution in [1.29, 1.82) is 10.5 Å². The first-order valence-corrected chi connectivity index (χ1v) is 7.50. The molecule has 0 aromatic heterocycles. The Hall–Kier alpha value is -2.70. The van der Waals surface area contributed by atoms with E-state index in [9.17, 15) is 4.79 Å². The summed E-state index contributed by atoms with van der Waals surface area (Å²) < 4.78 is 4.97. The summed E-state index contributed by atoms with van der Waals surface area (Å²) in [5.74, 6) is -0.341. The molecule has 0 aliphatic carbocycles. The number of nitrogens with zero attached hydrogens (tertiary/aromatic N) is 3. The number of allylic oxidation sites excluding steroid dienone is 1. The van der Waals surface area contributed by atoms with Crippen LogP contribution in [0.1, 0.15) is 13.3 Å². The van der Waals surface area contributed by atoms with Crippen LogP contribution in [0.25, 0.3) is 0 Å². The first kappa shape index (κ1) is 15.7. The zero-order valence-electron chi connectivity index (χ0n) is 11.9. The van der Waals surface area contributed by atoms with E-state index in [0.717, 1.165) is 5.69 Å². The highest BCUT2D eigenvalue weighted by Crippen LogP contribution is 2.41. The highest BCUT2D eigenvalue weighted by Gasteiger charge is 2.28. The molecule has 0 atom stereocenters. The Bertz CT molecular complexity index is 695. The summed E-state index contributed by atoms with van der Waals surface area (Å²) in [6, 6.07) is 13.1. The molecule has 0 fully saturated rings. The summed E-state index contributed by atoms with van der Waals surface area (Å²) in [5, 5.41) is 20.5. The third kappa shape index (κ3) is 3.30. The van der Waals surface area contributed by atoms with Crippen LogP contribution in [-0.2, 0) is 9.53 Å². The van der Waals surface area contributed by atoms with Crippen LogP contribution in [0.3, 0.4) is 0 Å². The minimum Gasteiger partial charge on any atom is -0.466 e. The molecule has 5 nitrogen and oxygen atoms in total. The lowest BCUT2D eigenvalue weighted by Crippen LogP contribution is -2.20. The van der Waals surface area contributed by atoms with Crippen LogP contribution >= 0.6 is 11.8 Å². The summed E-state index contributed by atoms with van der Waals surface area (Å²) in [4.78, 5) is 13.5. The van der Waals surface area contributed by atoms with Gasteiger partial charge in [0.2, 0.25) is 0 Å². The van der Waals surface area contributed by atoms with E-state index < -0.39 is 0 Å². The number of hydrogen-bond donors (Lipinski definition) is 0. The molecule has 1 heterocycles. The molecule has 110 valence electrons. The fraction of sp³-hybridized carbons (Fsp3) is 0.188. The maximum absolute atomic E-state index is 11.7. The summed E-state index contributed by atoms with van der Waals surface area (Å²) in [6.07, 6.45) is 0.0867. The normalized spacial score (nSPS) is 13.1. The number of hydrogen-bond acceptors (Lipinski definition) is 6. The van der Waals surface area contributed by atoms with Gasteiger partial charge in [-0.15, -0.1) is 0 Å². The Morgan fingerprint density at radius 2 is 1.95 bits per heavy atom. The molecule has 1 aromatic rings. The zero-order valence-corrected chi connectivity index (χ0v) is 12.8. The lowest BCUT2D eigenvalue weighted by molar-refractivity contribution is -0.142.